The summed E-state index contributed by atoms with van der Waals surface area (Å²) in [5.41, 5.74) is 1.43. The van der Waals surface area contributed by atoms with Crippen molar-refractivity contribution in [2.45, 2.75) is 32.9 Å². The van der Waals surface area contributed by atoms with Gasteiger partial charge < -0.3 is 15.0 Å². The van der Waals surface area contributed by atoms with E-state index in [-0.39, 0.29) is 16.6 Å². The molecule has 2 rings (SSSR count). The van der Waals surface area contributed by atoms with Crippen LogP contribution in [-0.2, 0) is 9.53 Å². The Morgan fingerprint density at radius 3 is 2.65 bits per heavy atom. The van der Waals surface area contributed by atoms with E-state index < -0.39 is 17.8 Å². The van der Waals surface area contributed by atoms with Crippen molar-refractivity contribution in [3.05, 3.63) is 45.3 Å². The number of hydrogen-bond donors (Lipinski definition) is 1. The molecule has 124 valence electrons. The van der Waals surface area contributed by atoms with Gasteiger partial charge in [0.2, 0.25) is 0 Å². The molecule has 0 aliphatic carbocycles. The smallest absolute Gasteiger partial charge is 0.338 e. The largest absolute Gasteiger partial charge is 0.459 e. The minimum atomic E-state index is -0.693. The minimum absolute atomic E-state index is 0.261. The molecular formula is C16H18BrFN2O3. The molecule has 0 fully saturated rings. The summed E-state index contributed by atoms with van der Waals surface area (Å²) in [7, 11) is 1.57. The van der Waals surface area contributed by atoms with Crippen LogP contribution in [-0.4, -0.2) is 30.1 Å². The molecule has 1 atom stereocenters. The predicted octanol–water partition coefficient (Wildman–Crippen LogP) is 3.51. The first-order valence-electron chi connectivity index (χ1n) is 7.13. The molecule has 0 radical (unpaired) electrons. The van der Waals surface area contributed by atoms with Gasteiger partial charge in [-0.15, -0.1) is 0 Å². The lowest BCUT2D eigenvalue weighted by atomic mass is 9.95. The number of carbonyl (C=O) groups is 2. The Bertz CT molecular complexity index is 688. The van der Waals surface area contributed by atoms with Crippen molar-refractivity contribution in [2.24, 2.45) is 0 Å². The van der Waals surface area contributed by atoms with Crippen molar-refractivity contribution in [1.29, 1.82) is 0 Å². The minimum Gasteiger partial charge on any atom is -0.459 e. The maximum Gasteiger partial charge on any atom is 0.338 e. The first kappa shape index (κ1) is 17.5. The van der Waals surface area contributed by atoms with E-state index in [0.29, 0.717) is 16.8 Å². The summed E-state index contributed by atoms with van der Waals surface area (Å²) in [4.78, 5) is 25.9. The average Bonchev–Trinajstić information content (AvgIpc) is 2.46. The van der Waals surface area contributed by atoms with Gasteiger partial charge in [0, 0.05) is 12.7 Å². The number of rotatable bonds is 3. The SMILES string of the molecule is CC1=C(C(=O)OC(C)C)[C@@H](c2ccc(F)c(Br)c2)NC(=O)N1C. The van der Waals surface area contributed by atoms with E-state index in [1.54, 1.807) is 33.9 Å². The Hall–Kier alpha value is -1.89. The lowest BCUT2D eigenvalue weighted by Crippen LogP contribution is -2.46. The highest BCUT2D eigenvalue weighted by Crippen LogP contribution is 2.32. The van der Waals surface area contributed by atoms with Gasteiger partial charge in [0.15, 0.2) is 0 Å². The summed E-state index contributed by atoms with van der Waals surface area (Å²) in [6, 6.07) is 3.33. The van der Waals surface area contributed by atoms with Crippen molar-refractivity contribution >= 4 is 27.9 Å². The molecule has 1 aromatic rings. The van der Waals surface area contributed by atoms with Gasteiger partial charge in [0.1, 0.15) is 5.82 Å². The van der Waals surface area contributed by atoms with Gasteiger partial charge in [-0.1, -0.05) is 6.07 Å². The van der Waals surface area contributed by atoms with Crippen LogP contribution in [0.2, 0.25) is 0 Å². The molecule has 1 aromatic carbocycles. The monoisotopic (exact) mass is 384 g/mol. The van der Waals surface area contributed by atoms with Crippen LogP contribution in [0, 0.1) is 5.82 Å². The van der Waals surface area contributed by atoms with E-state index >= 15 is 0 Å². The predicted molar refractivity (Wildman–Crippen MR) is 87.1 cm³/mol. The molecule has 0 saturated heterocycles. The van der Waals surface area contributed by atoms with Gasteiger partial charge >= 0.3 is 12.0 Å². The van der Waals surface area contributed by atoms with Gasteiger partial charge in [-0.05, 0) is 54.4 Å². The quantitative estimate of drug-likeness (QED) is 0.811. The molecule has 1 heterocycles. The van der Waals surface area contributed by atoms with Crippen molar-refractivity contribution in [3.8, 4) is 0 Å². The molecule has 0 bridgehead atoms. The third kappa shape index (κ3) is 3.55. The van der Waals surface area contributed by atoms with Crippen LogP contribution < -0.4 is 5.32 Å². The highest BCUT2D eigenvalue weighted by Gasteiger charge is 2.35. The number of nitrogens with zero attached hydrogens (tertiary/aromatic N) is 1. The molecule has 23 heavy (non-hydrogen) atoms. The van der Waals surface area contributed by atoms with E-state index in [2.05, 4.69) is 21.2 Å². The zero-order chi connectivity index (χ0) is 17.3. The lowest BCUT2D eigenvalue weighted by molar-refractivity contribution is -0.143. The van der Waals surface area contributed by atoms with E-state index in [1.165, 1.54) is 17.0 Å². The summed E-state index contributed by atoms with van der Waals surface area (Å²) in [6.45, 7) is 5.19. The number of carbonyl (C=O) groups excluding carboxylic acids is 2. The molecule has 1 N–H and O–H groups in total. The molecule has 7 heteroatoms. The third-order valence-electron chi connectivity index (χ3n) is 3.59. The van der Waals surface area contributed by atoms with E-state index in [9.17, 15) is 14.0 Å². The first-order chi connectivity index (χ1) is 10.7. The number of ether oxygens (including phenoxy) is 1. The highest BCUT2D eigenvalue weighted by atomic mass is 79.9. The molecular weight excluding hydrogens is 367 g/mol. The molecule has 5 nitrogen and oxygen atoms in total. The summed E-state index contributed by atoms with van der Waals surface area (Å²) in [5.74, 6) is -0.921. The number of nitrogens with one attached hydrogen (secondary N) is 1. The van der Waals surface area contributed by atoms with Gasteiger partial charge in [-0.25, -0.2) is 14.0 Å². The molecule has 1 aliphatic heterocycles. The molecule has 0 spiro atoms. The number of halogens is 2. The van der Waals surface area contributed by atoms with Crippen LogP contribution in [0.3, 0.4) is 0 Å². The van der Waals surface area contributed by atoms with Crippen molar-refractivity contribution in [1.82, 2.24) is 10.2 Å². The topological polar surface area (TPSA) is 58.6 Å². The van der Waals surface area contributed by atoms with Crippen molar-refractivity contribution < 1.29 is 18.7 Å². The number of benzene rings is 1. The van der Waals surface area contributed by atoms with Gasteiger partial charge in [-0.2, -0.15) is 0 Å². The fourth-order valence-corrected chi connectivity index (χ4v) is 2.72. The number of esters is 1. The zero-order valence-electron chi connectivity index (χ0n) is 13.3. The second-order valence-electron chi connectivity index (χ2n) is 5.57. The van der Waals surface area contributed by atoms with Crippen LogP contribution in [0.5, 0.6) is 0 Å². The maximum absolute atomic E-state index is 13.5. The second-order valence-corrected chi connectivity index (χ2v) is 6.42. The normalized spacial score (nSPS) is 18.3. The maximum atomic E-state index is 13.5. The van der Waals surface area contributed by atoms with Crippen LogP contribution >= 0.6 is 15.9 Å². The van der Waals surface area contributed by atoms with Gasteiger partial charge in [-0.3, -0.25) is 0 Å². The fraction of sp³-hybridized carbons (Fsp3) is 0.375. The van der Waals surface area contributed by atoms with Crippen LogP contribution in [0.1, 0.15) is 32.4 Å². The standard InChI is InChI=1S/C16H18BrFN2O3/c1-8(2)23-15(21)13-9(3)20(4)16(22)19-14(13)10-5-6-12(18)11(17)7-10/h5-8,14H,1-4H3,(H,19,22)/t14-/m1/s1. The third-order valence-corrected chi connectivity index (χ3v) is 4.20. The summed E-state index contributed by atoms with van der Waals surface area (Å²) >= 11 is 3.12. The molecule has 0 saturated carbocycles. The Morgan fingerprint density at radius 2 is 2.09 bits per heavy atom. The lowest BCUT2D eigenvalue weighted by Gasteiger charge is -2.33. The van der Waals surface area contributed by atoms with Crippen molar-refractivity contribution in [3.63, 3.8) is 0 Å². The van der Waals surface area contributed by atoms with E-state index in [0.717, 1.165) is 0 Å². The van der Waals surface area contributed by atoms with E-state index in [1.807, 2.05) is 0 Å². The molecule has 1 aliphatic rings. The average molecular weight is 385 g/mol. The van der Waals surface area contributed by atoms with Crippen LogP contribution in [0.15, 0.2) is 33.9 Å². The first-order valence-corrected chi connectivity index (χ1v) is 7.92. The molecule has 0 unspecified atom stereocenters. The molecule has 0 aromatic heterocycles. The summed E-state index contributed by atoms with van der Waals surface area (Å²) < 4.78 is 19.0. The fourth-order valence-electron chi connectivity index (χ4n) is 2.32. The van der Waals surface area contributed by atoms with E-state index in [4.69, 9.17) is 4.74 Å². The van der Waals surface area contributed by atoms with Gasteiger partial charge in [0.05, 0.1) is 22.2 Å². The Kier molecular flexibility index (Phi) is 5.09. The van der Waals surface area contributed by atoms with Crippen LogP contribution in [0.4, 0.5) is 9.18 Å². The number of urea groups is 1. The summed E-state index contributed by atoms with van der Waals surface area (Å²) in [5, 5.41) is 2.75. The van der Waals surface area contributed by atoms with Crippen LogP contribution in [0.25, 0.3) is 0 Å². The Balaban J connectivity index is 2.51. The number of amides is 2. The zero-order valence-corrected chi connectivity index (χ0v) is 14.9. The highest BCUT2D eigenvalue weighted by molar-refractivity contribution is 9.10. The number of hydrogen-bond acceptors (Lipinski definition) is 3. The molecule has 2 amide bonds. The van der Waals surface area contributed by atoms with Crippen molar-refractivity contribution in [2.75, 3.05) is 7.05 Å². The second kappa shape index (κ2) is 6.70. The Labute approximate surface area is 142 Å². The van der Waals surface area contributed by atoms with Gasteiger partial charge in [0.25, 0.3) is 0 Å². The Morgan fingerprint density at radius 1 is 1.43 bits per heavy atom. The summed E-state index contributed by atoms with van der Waals surface area (Å²) in [6.07, 6.45) is -0.286. The number of allylic oxidation sites excluding steroid dienone is 1.